The lowest BCUT2D eigenvalue weighted by atomic mass is 9.47. The maximum atomic E-state index is 13.6. The average Bonchev–Trinajstić information content (AvgIpc) is 3.28. The lowest BCUT2D eigenvalue weighted by Gasteiger charge is -2.58. The van der Waals surface area contributed by atoms with Gasteiger partial charge in [-0.25, -0.2) is 13.8 Å². The van der Waals surface area contributed by atoms with E-state index >= 15 is 0 Å². The van der Waals surface area contributed by atoms with E-state index in [1.807, 2.05) is 37.3 Å². The Labute approximate surface area is 225 Å². The second-order valence-electron chi connectivity index (χ2n) is 11.1. The highest BCUT2D eigenvalue weighted by Crippen LogP contribution is 2.62. The van der Waals surface area contributed by atoms with Gasteiger partial charge in [-0.3, -0.25) is 4.79 Å². The van der Waals surface area contributed by atoms with Crippen LogP contribution in [0.25, 0.3) is 0 Å². The molecule has 1 saturated carbocycles. The molecule has 1 aromatic heterocycles. The third-order valence-electron chi connectivity index (χ3n) is 8.72. The van der Waals surface area contributed by atoms with Crippen LogP contribution in [0.4, 0.5) is 19.6 Å². The molecule has 1 amide bonds. The van der Waals surface area contributed by atoms with Crippen molar-refractivity contribution >= 4 is 28.1 Å². The van der Waals surface area contributed by atoms with E-state index in [2.05, 4.69) is 17.6 Å². The van der Waals surface area contributed by atoms with Crippen LogP contribution in [0.5, 0.6) is 0 Å². The molecule has 1 fully saturated rings. The van der Waals surface area contributed by atoms with Gasteiger partial charge in [-0.2, -0.15) is 0 Å². The van der Waals surface area contributed by atoms with Crippen LogP contribution in [-0.2, 0) is 17.8 Å². The summed E-state index contributed by atoms with van der Waals surface area (Å²) in [5, 5.41) is 28.3. The number of amides is 1. The predicted octanol–water partition coefficient (Wildman–Crippen LogP) is 5.29. The van der Waals surface area contributed by atoms with Crippen molar-refractivity contribution in [2.75, 3.05) is 11.9 Å². The van der Waals surface area contributed by atoms with E-state index < -0.39 is 23.2 Å². The molecular formula is C29H33F2N3O3S. The minimum Gasteiger partial charge on any atom is -0.396 e. The van der Waals surface area contributed by atoms with Gasteiger partial charge in [0.05, 0.1) is 18.4 Å². The van der Waals surface area contributed by atoms with Crippen LogP contribution in [0.15, 0.2) is 48.5 Å². The van der Waals surface area contributed by atoms with Gasteiger partial charge in [0.15, 0.2) is 5.13 Å². The Morgan fingerprint density at radius 1 is 1.16 bits per heavy atom. The second kappa shape index (κ2) is 10.4. The monoisotopic (exact) mass is 541 g/mol. The first-order valence-electron chi connectivity index (χ1n) is 12.9. The molecule has 3 aromatic rings. The molecule has 0 bridgehead atoms. The van der Waals surface area contributed by atoms with Crippen LogP contribution in [0.2, 0.25) is 0 Å². The van der Waals surface area contributed by atoms with Crippen LogP contribution >= 0.6 is 11.3 Å². The number of aliphatic hydroxyl groups excluding tert-OH is 2. The molecule has 38 heavy (non-hydrogen) atoms. The first-order valence-corrected chi connectivity index (χ1v) is 13.8. The molecule has 5 rings (SSSR count). The van der Waals surface area contributed by atoms with Gasteiger partial charge in [-0.1, -0.05) is 32.0 Å². The molecule has 1 heterocycles. The zero-order valence-electron chi connectivity index (χ0n) is 21.5. The lowest BCUT2D eigenvalue weighted by Crippen LogP contribution is -2.57. The number of para-hydroxylation sites is 1. The van der Waals surface area contributed by atoms with Crippen molar-refractivity contribution in [1.82, 2.24) is 10.3 Å². The Morgan fingerprint density at radius 3 is 2.55 bits per heavy atom. The summed E-state index contributed by atoms with van der Waals surface area (Å²) in [6.45, 7) is 3.94. The van der Waals surface area contributed by atoms with Crippen molar-refractivity contribution in [2.24, 2.45) is 16.7 Å². The van der Waals surface area contributed by atoms with Crippen molar-refractivity contribution < 1.29 is 23.8 Å². The number of hydrogen-bond donors (Lipinski definition) is 4. The number of thiazole rings is 1. The fourth-order valence-corrected chi connectivity index (χ4v) is 7.60. The smallest absolute Gasteiger partial charge is 0.220 e. The van der Waals surface area contributed by atoms with Gasteiger partial charge < -0.3 is 20.8 Å². The molecule has 4 N–H and O–H groups in total. The van der Waals surface area contributed by atoms with E-state index in [4.69, 9.17) is 4.98 Å². The largest absolute Gasteiger partial charge is 0.396 e. The summed E-state index contributed by atoms with van der Waals surface area (Å²) >= 11 is 1.54. The van der Waals surface area contributed by atoms with Crippen LogP contribution in [0.3, 0.4) is 0 Å². The number of fused-ring (bicyclic) bond motifs is 2. The third kappa shape index (κ3) is 4.95. The highest BCUT2D eigenvalue weighted by atomic mass is 32.1. The number of nitrogens with one attached hydrogen (secondary N) is 2. The summed E-state index contributed by atoms with van der Waals surface area (Å²) in [5.74, 6) is -1.93. The first kappa shape index (κ1) is 26.7. The molecular weight excluding hydrogens is 508 g/mol. The zero-order chi connectivity index (χ0) is 27.1. The SMILES string of the molecule is CC1(CO)C(O)CCC2(C)C(CC(=O)NCc3cc(F)cc(F)c3)c3nc(Nc4ccccc4)sc3CC12. The molecule has 0 spiro atoms. The van der Waals surface area contributed by atoms with E-state index in [-0.39, 0.29) is 42.7 Å². The maximum absolute atomic E-state index is 13.6. The van der Waals surface area contributed by atoms with Crippen molar-refractivity contribution in [3.05, 3.63) is 76.3 Å². The van der Waals surface area contributed by atoms with Crippen LogP contribution in [0.1, 0.15) is 55.2 Å². The van der Waals surface area contributed by atoms with Gasteiger partial charge in [0.1, 0.15) is 11.6 Å². The third-order valence-corrected chi connectivity index (χ3v) is 9.73. The first-order chi connectivity index (χ1) is 18.1. The Kier molecular flexibility index (Phi) is 7.28. The molecule has 9 heteroatoms. The highest BCUT2D eigenvalue weighted by molar-refractivity contribution is 7.15. The Bertz CT molecular complexity index is 1300. The molecule has 0 aliphatic heterocycles. The Balaban J connectivity index is 1.45. The number of carbonyl (C=O) groups excluding carboxylic acids is 1. The Hall–Kier alpha value is -2.88. The quantitative estimate of drug-likeness (QED) is 0.326. The molecule has 2 aliphatic rings. The van der Waals surface area contributed by atoms with Crippen LogP contribution in [0, 0.1) is 28.4 Å². The van der Waals surface area contributed by atoms with Crippen molar-refractivity contribution in [2.45, 2.75) is 58.1 Å². The number of nitrogens with zero attached hydrogens (tertiary/aromatic N) is 1. The Morgan fingerprint density at radius 2 is 1.87 bits per heavy atom. The maximum Gasteiger partial charge on any atom is 0.220 e. The summed E-state index contributed by atoms with van der Waals surface area (Å²) in [5.41, 5.74) is 1.03. The van der Waals surface area contributed by atoms with Gasteiger partial charge in [-0.05, 0) is 60.4 Å². The summed E-state index contributed by atoms with van der Waals surface area (Å²) in [4.78, 5) is 19.2. The summed E-state index contributed by atoms with van der Waals surface area (Å²) < 4.78 is 27.2. The molecule has 5 atom stereocenters. The van der Waals surface area contributed by atoms with Crippen molar-refractivity contribution in [1.29, 1.82) is 0 Å². The van der Waals surface area contributed by atoms with Gasteiger partial charge in [0, 0.05) is 40.9 Å². The summed E-state index contributed by atoms with van der Waals surface area (Å²) in [6.07, 6.45) is 1.39. The average molecular weight is 542 g/mol. The van der Waals surface area contributed by atoms with Gasteiger partial charge in [0.2, 0.25) is 5.91 Å². The lowest BCUT2D eigenvalue weighted by molar-refractivity contribution is -0.144. The summed E-state index contributed by atoms with van der Waals surface area (Å²) in [7, 11) is 0. The predicted molar refractivity (Wildman–Crippen MR) is 143 cm³/mol. The topological polar surface area (TPSA) is 94.5 Å². The van der Waals surface area contributed by atoms with Gasteiger partial charge in [0.25, 0.3) is 0 Å². The molecule has 0 radical (unpaired) electrons. The zero-order valence-corrected chi connectivity index (χ0v) is 22.3. The van der Waals surface area contributed by atoms with Crippen LogP contribution < -0.4 is 10.6 Å². The number of benzene rings is 2. The number of anilines is 2. The van der Waals surface area contributed by atoms with Crippen molar-refractivity contribution in [3.8, 4) is 0 Å². The van der Waals surface area contributed by atoms with Crippen LogP contribution in [-0.4, -0.2) is 33.8 Å². The molecule has 2 aliphatic carbocycles. The number of hydrogen-bond acceptors (Lipinski definition) is 6. The molecule has 202 valence electrons. The minimum absolute atomic E-state index is 0.0121. The standard InChI is InChI=1S/C29H33F2N3O3S/c1-28-9-8-24(36)29(2,16-35)23(28)14-22-26(34-27(38-22)33-20-6-4-3-5-7-20)21(28)13-25(37)32-15-17-10-18(30)12-19(31)11-17/h3-7,10-12,21,23-24,35-36H,8-9,13-16H2,1-2H3,(H,32,37)(H,33,34). The fourth-order valence-electron chi connectivity index (χ4n) is 6.52. The summed E-state index contributed by atoms with van der Waals surface area (Å²) in [6, 6.07) is 13.0. The number of carbonyl (C=O) groups is 1. The van der Waals surface area contributed by atoms with E-state index in [9.17, 15) is 23.8 Å². The van der Waals surface area contributed by atoms with E-state index in [0.29, 0.717) is 24.8 Å². The molecule has 2 aromatic carbocycles. The van der Waals surface area contributed by atoms with E-state index in [1.54, 1.807) is 11.3 Å². The van der Waals surface area contributed by atoms with E-state index in [1.165, 1.54) is 12.1 Å². The normalized spacial score (nSPS) is 28.3. The van der Waals surface area contributed by atoms with Gasteiger partial charge in [-0.15, -0.1) is 11.3 Å². The van der Waals surface area contributed by atoms with Crippen molar-refractivity contribution in [3.63, 3.8) is 0 Å². The highest BCUT2D eigenvalue weighted by Gasteiger charge is 2.59. The number of rotatable bonds is 7. The second-order valence-corrected chi connectivity index (χ2v) is 12.2. The number of aliphatic hydroxyl groups is 2. The number of aromatic nitrogens is 1. The van der Waals surface area contributed by atoms with Gasteiger partial charge >= 0.3 is 0 Å². The minimum atomic E-state index is -0.713. The fraction of sp³-hybridized carbons (Fsp3) is 0.448. The molecule has 5 unspecified atom stereocenters. The molecule has 6 nitrogen and oxygen atoms in total. The number of halogens is 2. The molecule has 0 saturated heterocycles. The van der Waals surface area contributed by atoms with E-state index in [0.717, 1.165) is 27.5 Å².